The molecular weight excluding hydrogens is 401 g/mol. The van der Waals surface area contributed by atoms with Gasteiger partial charge in [0.2, 0.25) is 11.8 Å². The number of alkyl halides is 2. The van der Waals surface area contributed by atoms with Crippen molar-refractivity contribution < 1.29 is 27.5 Å². The molecule has 0 bridgehead atoms. The van der Waals surface area contributed by atoms with Crippen molar-refractivity contribution in [2.24, 2.45) is 13.0 Å². The number of para-hydroxylation sites is 1. The van der Waals surface area contributed by atoms with Gasteiger partial charge in [-0.2, -0.15) is 13.9 Å². The van der Waals surface area contributed by atoms with Crippen LogP contribution in [0, 0.1) is 11.7 Å². The lowest BCUT2D eigenvalue weighted by Crippen LogP contribution is -2.33. The summed E-state index contributed by atoms with van der Waals surface area (Å²) in [5.74, 6) is -4.92. The number of rotatable bonds is 5. The molecule has 0 unspecified atom stereocenters. The molecule has 0 saturated carbocycles. The Morgan fingerprint density at radius 2 is 2.11 bits per heavy atom. The fourth-order valence-corrected chi connectivity index (χ4v) is 3.28. The zero-order valence-electron chi connectivity index (χ0n) is 14.8. The van der Waals surface area contributed by atoms with E-state index in [0.29, 0.717) is 10.8 Å². The van der Waals surface area contributed by atoms with Gasteiger partial charge in [0.1, 0.15) is 11.1 Å². The number of benzene rings is 1. The number of carbonyl (C=O) groups excluding carboxylic acids is 2. The summed E-state index contributed by atoms with van der Waals surface area (Å²) >= 11 is 6.00. The maximum absolute atomic E-state index is 13.9. The predicted molar refractivity (Wildman–Crippen MR) is 93.7 cm³/mol. The predicted octanol–water partition coefficient (Wildman–Crippen LogP) is 2.62. The summed E-state index contributed by atoms with van der Waals surface area (Å²) in [5, 5.41) is 6.86. The molecule has 7 nitrogen and oxygen atoms in total. The normalized spacial score (nSPS) is 19.4. The van der Waals surface area contributed by atoms with E-state index in [9.17, 15) is 22.8 Å². The van der Waals surface area contributed by atoms with E-state index in [1.165, 1.54) is 28.8 Å². The van der Waals surface area contributed by atoms with Gasteiger partial charge in [-0.1, -0.05) is 17.7 Å². The molecule has 1 aromatic heterocycles. The summed E-state index contributed by atoms with van der Waals surface area (Å²) in [4.78, 5) is 26.7. The third-order valence-corrected chi connectivity index (χ3v) is 4.80. The van der Waals surface area contributed by atoms with E-state index in [0.717, 1.165) is 6.07 Å². The minimum absolute atomic E-state index is 0.216. The first-order chi connectivity index (χ1) is 13.2. The molecule has 0 radical (unpaired) electrons. The molecule has 2 heterocycles. The lowest BCUT2D eigenvalue weighted by molar-refractivity contribution is -0.135. The van der Waals surface area contributed by atoms with Gasteiger partial charge in [-0.05, 0) is 18.2 Å². The van der Waals surface area contributed by atoms with E-state index in [4.69, 9.17) is 11.6 Å². The highest BCUT2D eigenvalue weighted by Crippen LogP contribution is 2.36. The van der Waals surface area contributed by atoms with Crippen molar-refractivity contribution in [1.29, 1.82) is 0 Å². The largest absolute Gasteiger partial charge is 0.429 e. The van der Waals surface area contributed by atoms with Crippen LogP contribution < -0.4 is 10.1 Å². The third kappa shape index (κ3) is 3.77. The number of likely N-dealkylation sites (tertiary alicyclic amines) is 1. The Balaban J connectivity index is 1.90. The van der Waals surface area contributed by atoms with E-state index in [1.54, 1.807) is 13.1 Å². The number of nitrogens with zero attached hydrogens (tertiary/aromatic N) is 3. The Hall–Kier alpha value is -2.75. The number of halogens is 4. The molecule has 1 N–H and O–H groups in total. The van der Waals surface area contributed by atoms with Gasteiger partial charge in [0.15, 0.2) is 11.6 Å². The Morgan fingerprint density at radius 1 is 1.39 bits per heavy atom. The van der Waals surface area contributed by atoms with Crippen LogP contribution in [-0.2, 0) is 16.6 Å². The van der Waals surface area contributed by atoms with Crippen LogP contribution in [0.4, 0.5) is 18.9 Å². The van der Waals surface area contributed by atoms with Gasteiger partial charge in [-0.15, -0.1) is 0 Å². The molecule has 150 valence electrons. The van der Waals surface area contributed by atoms with Crippen molar-refractivity contribution in [3.05, 3.63) is 40.9 Å². The Morgan fingerprint density at radius 3 is 2.71 bits per heavy atom. The van der Waals surface area contributed by atoms with Crippen LogP contribution in [0.1, 0.15) is 11.6 Å². The van der Waals surface area contributed by atoms with E-state index >= 15 is 0 Å². The molecule has 0 spiro atoms. The Labute approximate surface area is 163 Å². The highest BCUT2D eigenvalue weighted by molar-refractivity contribution is 6.29. The van der Waals surface area contributed by atoms with E-state index in [2.05, 4.69) is 15.2 Å². The highest BCUT2D eigenvalue weighted by Gasteiger charge is 2.45. The van der Waals surface area contributed by atoms with E-state index < -0.39 is 41.8 Å². The summed E-state index contributed by atoms with van der Waals surface area (Å²) in [7, 11) is 3.14. The maximum atomic E-state index is 13.9. The summed E-state index contributed by atoms with van der Waals surface area (Å²) in [5.41, 5.74) is 0.138. The fraction of sp³-hybridized carbons (Fsp3) is 0.353. The minimum Gasteiger partial charge on any atom is -0.429 e. The Kier molecular flexibility index (Phi) is 5.50. The monoisotopic (exact) mass is 416 g/mol. The van der Waals surface area contributed by atoms with Gasteiger partial charge < -0.3 is 15.0 Å². The second-order valence-electron chi connectivity index (χ2n) is 6.30. The smallest absolute Gasteiger partial charge is 0.387 e. The highest BCUT2D eigenvalue weighted by atomic mass is 35.5. The molecule has 1 aromatic carbocycles. The van der Waals surface area contributed by atoms with Gasteiger partial charge in [0.25, 0.3) is 0 Å². The SMILES string of the molecule is CN1C[C@H](c2cc(Cl)n(C)n2)[C@@H](C(=O)Nc2cccc(F)c2OC(F)F)C1=O. The number of anilines is 1. The lowest BCUT2D eigenvalue weighted by atomic mass is 9.91. The summed E-state index contributed by atoms with van der Waals surface area (Å²) < 4.78 is 44.6. The number of amides is 2. The first-order valence-corrected chi connectivity index (χ1v) is 8.55. The van der Waals surface area contributed by atoms with Gasteiger partial charge in [-0.25, -0.2) is 4.39 Å². The van der Waals surface area contributed by atoms with Crippen molar-refractivity contribution in [3.63, 3.8) is 0 Å². The topological polar surface area (TPSA) is 76.5 Å². The minimum atomic E-state index is -3.28. The zero-order valence-corrected chi connectivity index (χ0v) is 15.6. The van der Waals surface area contributed by atoms with Crippen LogP contribution in [0.5, 0.6) is 5.75 Å². The van der Waals surface area contributed by atoms with Crippen LogP contribution in [0.25, 0.3) is 0 Å². The van der Waals surface area contributed by atoms with Crippen molar-refractivity contribution in [1.82, 2.24) is 14.7 Å². The molecule has 1 fully saturated rings. The number of nitrogens with one attached hydrogen (secondary N) is 1. The van der Waals surface area contributed by atoms with Crippen LogP contribution in [-0.4, -0.2) is 46.7 Å². The molecule has 11 heteroatoms. The number of ether oxygens (including phenoxy) is 1. The first kappa shape index (κ1) is 20.0. The van der Waals surface area contributed by atoms with Gasteiger partial charge in [0, 0.05) is 26.6 Å². The molecule has 1 saturated heterocycles. The number of likely N-dealkylation sites (N-methyl/N-ethyl adjacent to an activating group) is 1. The standard InChI is InChI=1S/C17H16ClF3N4O3/c1-24-7-8(11-6-12(18)25(2)23-11)13(16(24)27)15(26)22-10-5-3-4-9(19)14(10)28-17(20)21/h3-6,8,13,17H,7H2,1-2H3,(H,22,26)/t8-,13+/m1/s1. The van der Waals surface area contributed by atoms with Crippen LogP contribution >= 0.6 is 11.6 Å². The molecule has 3 rings (SSSR count). The van der Waals surface area contributed by atoms with Crippen LogP contribution in [0.3, 0.4) is 0 Å². The first-order valence-electron chi connectivity index (χ1n) is 8.17. The number of aromatic nitrogens is 2. The number of carbonyl (C=O) groups is 2. The van der Waals surface area contributed by atoms with Crippen molar-refractivity contribution in [2.45, 2.75) is 12.5 Å². The molecule has 0 aliphatic carbocycles. The Bertz CT molecular complexity index is 902. The molecule has 1 aliphatic rings. The van der Waals surface area contributed by atoms with Crippen molar-refractivity contribution >= 4 is 29.1 Å². The molecule has 2 atom stereocenters. The van der Waals surface area contributed by atoms with Crippen LogP contribution in [0.15, 0.2) is 24.3 Å². The number of hydrogen-bond acceptors (Lipinski definition) is 4. The zero-order chi connectivity index (χ0) is 20.6. The summed E-state index contributed by atoms with van der Waals surface area (Å²) in [6.45, 7) is -3.07. The molecule has 2 amide bonds. The average molecular weight is 417 g/mol. The maximum Gasteiger partial charge on any atom is 0.387 e. The quantitative estimate of drug-likeness (QED) is 0.760. The molecule has 2 aromatic rings. The lowest BCUT2D eigenvalue weighted by Gasteiger charge is -2.17. The summed E-state index contributed by atoms with van der Waals surface area (Å²) in [6, 6.07) is 4.89. The van der Waals surface area contributed by atoms with Crippen LogP contribution in [0.2, 0.25) is 5.15 Å². The van der Waals surface area contributed by atoms with Crippen molar-refractivity contribution in [3.8, 4) is 5.75 Å². The molecule has 1 aliphatic heterocycles. The number of aryl methyl sites for hydroxylation is 1. The van der Waals surface area contributed by atoms with Gasteiger partial charge in [-0.3, -0.25) is 14.3 Å². The van der Waals surface area contributed by atoms with Gasteiger partial charge >= 0.3 is 6.61 Å². The van der Waals surface area contributed by atoms with E-state index in [-0.39, 0.29) is 12.2 Å². The van der Waals surface area contributed by atoms with Crippen molar-refractivity contribution in [2.75, 3.05) is 18.9 Å². The average Bonchev–Trinajstić information content (AvgIpc) is 3.10. The van der Waals surface area contributed by atoms with Gasteiger partial charge in [0.05, 0.1) is 11.4 Å². The fourth-order valence-electron chi connectivity index (χ4n) is 3.13. The third-order valence-electron chi connectivity index (χ3n) is 4.45. The van der Waals surface area contributed by atoms with E-state index in [1.807, 2.05) is 0 Å². The molecular formula is C17H16ClF3N4O3. The summed E-state index contributed by atoms with van der Waals surface area (Å²) in [6.07, 6.45) is 0. The number of hydrogen-bond donors (Lipinski definition) is 1. The molecule has 28 heavy (non-hydrogen) atoms. The second kappa shape index (κ2) is 7.70. The second-order valence-corrected chi connectivity index (χ2v) is 6.69.